The number of carbonyl (C=O) groups excluding carboxylic acids is 1. The van der Waals surface area contributed by atoms with Gasteiger partial charge in [-0.3, -0.25) is 9.69 Å². The van der Waals surface area contributed by atoms with E-state index in [1.165, 1.54) is 17.0 Å². The van der Waals surface area contributed by atoms with Crippen molar-refractivity contribution >= 4 is 27.9 Å². The highest BCUT2D eigenvalue weighted by atomic mass is 32.1. The molecule has 136 valence electrons. The summed E-state index contributed by atoms with van der Waals surface area (Å²) >= 11 is 1.38. The molecule has 1 aromatic heterocycles. The zero-order valence-electron chi connectivity index (χ0n) is 14.8. The molecule has 1 aliphatic heterocycles. The second-order valence-electron chi connectivity index (χ2n) is 6.10. The predicted octanol–water partition coefficient (Wildman–Crippen LogP) is 2.78. The number of carbonyl (C=O) groups is 1. The Morgan fingerprint density at radius 3 is 2.62 bits per heavy atom. The number of methoxy groups -OCH3 is 1. The summed E-state index contributed by atoms with van der Waals surface area (Å²) in [6, 6.07) is 11.9. The molecule has 1 fully saturated rings. The lowest BCUT2D eigenvalue weighted by molar-refractivity contribution is -0.116. The number of hydrogen-bond donors (Lipinski definition) is 1. The lowest BCUT2D eigenvalue weighted by Crippen LogP contribution is -2.47. The van der Waals surface area contributed by atoms with Gasteiger partial charge in [-0.15, -0.1) is 11.3 Å². The molecule has 1 amide bonds. The summed E-state index contributed by atoms with van der Waals surface area (Å²) in [5.41, 5.74) is 1.72. The van der Waals surface area contributed by atoms with E-state index in [1.807, 2.05) is 17.5 Å². The summed E-state index contributed by atoms with van der Waals surface area (Å²) in [5.74, 6) is 0.824. The number of nitrogens with one attached hydrogen (secondary N) is 1. The fourth-order valence-electron chi connectivity index (χ4n) is 2.97. The number of nitrogens with zero attached hydrogens (tertiary/aromatic N) is 3. The Bertz CT molecular complexity index is 774. The molecular weight excluding hydrogens is 348 g/mol. The first-order valence-electron chi connectivity index (χ1n) is 8.58. The SMILES string of the molecule is COc1ccc(N2CCN(CCC(=O)Nc3sccc3C#N)CC2)cc1. The highest BCUT2D eigenvalue weighted by molar-refractivity contribution is 7.14. The lowest BCUT2D eigenvalue weighted by atomic mass is 10.2. The van der Waals surface area contributed by atoms with Gasteiger partial charge >= 0.3 is 0 Å². The van der Waals surface area contributed by atoms with Crippen molar-refractivity contribution in [2.75, 3.05) is 50.1 Å². The third kappa shape index (κ3) is 4.54. The Labute approximate surface area is 157 Å². The number of anilines is 2. The third-order valence-electron chi connectivity index (χ3n) is 4.50. The Hall–Kier alpha value is -2.56. The summed E-state index contributed by atoms with van der Waals surface area (Å²) in [7, 11) is 1.67. The first kappa shape index (κ1) is 18.2. The van der Waals surface area contributed by atoms with Crippen molar-refractivity contribution in [1.29, 1.82) is 5.26 Å². The van der Waals surface area contributed by atoms with Gasteiger partial charge in [0.15, 0.2) is 0 Å². The average molecular weight is 370 g/mol. The molecule has 1 aliphatic rings. The minimum atomic E-state index is -0.0402. The van der Waals surface area contributed by atoms with Crippen LogP contribution in [0.3, 0.4) is 0 Å². The second-order valence-corrected chi connectivity index (χ2v) is 7.02. The molecular formula is C19H22N4O2S. The first-order valence-corrected chi connectivity index (χ1v) is 9.46. The minimum absolute atomic E-state index is 0.0402. The Kier molecular flexibility index (Phi) is 6.10. The molecule has 1 aromatic carbocycles. The number of rotatable bonds is 6. The van der Waals surface area contributed by atoms with Crippen LogP contribution in [-0.2, 0) is 4.79 Å². The molecule has 0 saturated carbocycles. The number of hydrogen-bond acceptors (Lipinski definition) is 6. The molecule has 26 heavy (non-hydrogen) atoms. The van der Waals surface area contributed by atoms with E-state index in [-0.39, 0.29) is 5.91 Å². The van der Waals surface area contributed by atoms with Gasteiger partial charge < -0.3 is 15.0 Å². The van der Waals surface area contributed by atoms with Gasteiger partial charge in [0.2, 0.25) is 5.91 Å². The van der Waals surface area contributed by atoms with E-state index in [1.54, 1.807) is 13.2 Å². The molecule has 0 bridgehead atoms. The predicted molar refractivity (Wildman–Crippen MR) is 104 cm³/mol. The Morgan fingerprint density at radius 2 is 1.96 bits per heavy atom. The van der Waals surface area contributed by atoms with Gasteiger partial charge in [0.25, 0.3) is 0 Å². The van der Waals surface area contributed by atoms with Crippen LogP contribution in [-0.4, -0.2) is 50.6 Å². The smallest absolute Gasteiger partial charge is 0.226 e. The maximum atomic E-state index is 12.1. The second kappa shape index (κ2) is 8.70. The van der Waals surface area contributed by atoms with Gasteiger partial charge in [-0.1, -0.05) is 0 Å². The molecule has 0 aliphatic carbocycles. The largest absolute Gasteiger partial charge is 0.497 e. The zero-order chi connectivity index (χ0) is 18.4. The van der Waals surface area contributed by atoms with Crippen LogP contribution < -0.4 is 15.0 Å². The highest BCUT2D eigenvalue weighted by Gasteiger charge is 2.18. The molecule has 1 saturated heterocycles. The lowest BCUT2D eigenvalue weighted by Gasteiger charge is -2.36. The standard InChI is InChI=1S/C19H22N4O2S/c1-25-17-4-2-16(3-5-17)23-11-9-22(10-12-23)8-6-18(24)21-19-15(14-20)7-13-26-19/h2-5,7,13H,6,8-12H2,1H3,(H,21,24). The number of amides is 1. The summed E-state index contributed by atoms with van der Waals surface area (Å²) < 4.78 is 5.20. The summed E-state index contributed by atoms with van der Waals surface area (Å²) in [6.07, 6.45) is 0.436. The molecule has 0 unspecified atom stereocenters. The van der Waals surface area contributed by atoms with Gasteiger partial charge in [0.1, 0.15) is 16.8 Å². The molecule has 0 radical (unpaired) electrons. The fraction of sp³-hybridized carbons (Fsp3) is 0.368. The Balaban J connectivity index is 1.42. The van der Waals surface area contributed by atoms with E-state index in [0.717, 1.165) is 38.5 Å². The molecule has 2 aromatic rings. The molecule has 1 N–H and O–H groups in total. The number of thiophene rings is 1. The van der Waals surface area contributed by atoms with Crippen LogP contribution >= 0.6 is 11.3 Å². The van der Waals surface area contributed by atoms with Gasteiger partial charge in [-0.05, 0) is 35.7 Å². The number of benzene rings is 1. The molecule has 7 heteroatoms. The molecule has 2 heterocycles. The van der Waals surface area contributed by atoms with Crippen LogP contribution in [0.5, 0.6) is 5.75 Å². The molecule has 6 nitrogen and oxygen atoms in total. The van der Waals surface area contributed by atoms with E-state index in [4.69, 9.17) is 10.00 Å². The number of nitriles is 1. The van der Waals surface area contributed by atoms with Crippen LogP contribution in [0.1, 0.15) is 12.0 Å². The van der Waals surface area contributed by atoms with Gasteiger partial charge in [0, 0.05) is 44.8 Å². The van der Waals surface area contributed by atoms with Crippen molar-refractivity contribution in [1.82, 2.24) is 4.90 Å². The topological polar surface area (TPSA) is 68.6 Å². The van der Waals surface area contributed by atoms with Crippen LogP contribution in [0, 0.1) is 11.3 Å². The summed E-state index contributed by atoms with van der Waals surface area (Å²) in [5, 5.41) is 14.3. The van der Waals surface area contributed by atoms with E-state index in [0.29, 0.717) is 17.0 Å². The van der Waals surface area contributed by atoms with Crippen molar-refractivity contribution in [2.24, 2.45) is 0 Å². The zero-order valence-corrected chi connectivity index (χ0v) is 15.6. The fourth-order valence-corrected chi connectivity index (χ4v) is 3.72. The van der Waals surface area contributed by atoms with E-state index >= 15 is 0 Å². The van der Waals surface area contributed by atoms with Crippen molar-refractivity contribution in [3.63, 3.8) is 0 Å². The van der Waals surface area contributed by atoms with Crippen molar-refractivity contribution < 1.29 is 9.53 Å². The number of ether oxygens (including phenoxy) is 1. The van der Waals surface area contributed by atoms with Crippen LogP contribution in [0.2, 0.25) is 0 Å². The summed E-state index contributed by atoms with van der Waals surface area (Å²) in [6.45, 7) is 4.48. The van der Waals surface area contributed by atoms with Crippen LogP contribution in [0.4, 0.5) is 10.7 Å². The van der Waals surface area contributed by atoms with Crippen LogP contribution in [0.15, 0.2) is 35.7 Å². The Morgan fingerprint density at radius 1 is 1.23 bits per heavy atom. The number of piperazine rings is 1. The quantitative estimate of drug-likeness (QED) is 0.847. The average Bonchev–Trinajstić information content (AvgIpc) is 3.14. The van der Waals surface area contributed by atoms with E-state index in [9.17, 15) is 4.79 Å². The maximum Gasteiger partial charge on any atom is 0.226 e. The molecule has 0 spiro atoms. The van der Waals surface area contributed by atoms with Crippen molar-refractivity contribution in [3.05, 3.63) is 41.3 Å². The van der Waals surface area contributed by atoms with Gasteiger partial charge in [0.05, 0.1) is 12.7 Å². The monoisotopic (exact) mass is 370 g/mol. The molecule has 3 rings (SSSR count). The minimum Gasteiger partial charge on any atom is -0.497 e. The third-order valence-corrected chi connectivity index (χ3v) is 5.33. The van der Waals surface area contributed by atoms with Gasteiger partial charge in [-0.25, -0.2) is 0 Å². The van der Waals surface area contributed by atoms with Gasteiger partial charge in [-0.2, -0.15) is 5.26 Å². The van der Waals surface area contributed by atoms with Crippen molar-refractivity contribution in [2.45, 2.75) is 6.42 Å². The van der Waals surface area contributed by atoms with E-state index in [2.05, 4.69) is 33.3 Å². The molecule has 0 atom stereocenters. The van der Waals surface area contributed by atoms with Crippen LogP contribution in [0.25, 0.3) is 0 Å². The first-order chi connectivity index (χ1) is 12.7. The highest BCUT2D eigenvalue weighted by Crippen LogP contribution is 2.23. The van der Waals surface area contributed by atoms with Crippen molar-refractivity contribution in [3.8, 4) is 11.8 Å². The van der Waals surface area contributed by atoms with E-state index < -0.39 is 0 Å². The maximum absolute atomic E-state index is 12.1. The summed E-state index contributed by atoms with van der Waals surface area (Å²) in [4.78, 5) is 16.8. The normalized spacial score (nSPS) is 14.7.